The van der Waals surface area contributed by atoms with E-state index >= 15 is 0 Å². The van der Waals surface area contributed by atoms with Gasteiger partial charge in [0.15, 0.2) is 0 Å². The SMILES string of the molecule is CN(CCCNC(=O)Nc1cccc([S@](C)=O)c1)c1ccccc1. The highest BCUT2D eigenvalue weighted by atomic mass is 32.2. The van der Waals surface area contributed by atoms with Crippen molar-refractivity contribution in [3.05, 3.63) is 54.6 Å². The van der Waals surface area contributed by atoms with Crippen LogP contribution in [0.25, 0.3) is 0 Å². The van der Waals surface area contributed by atoms with Crippen molar-refractivity contribution in [3.8, 4) is 0 Å². The number of anilines is 2. The summed E-state index contributed by atoms with van der Waals surface area (Å²) in [5.41, 5.74) is 1.80. The minimum atomic E-state index is -1.06. The number of hydrogen-bond acceptors (Lipinski definition) is 3. The Balaban J connectivity index is 1.72. The average Bonchev–Trinajstić information content (AvgIpc) is 2.59. The quantitative estimate of drug-likeness (QED) is 0.758. The largest absolute Gasteiger partial charge is 0.375 e. The van der Waals surface area contributed by atoms with Crippen molar-refractivity contribution >= 4 is 28.2 Å². The highest BCUT2D eigenvalue weighted by Crippen LogP contribution is 2.13. The van der Waals surface area contributed by atoms with E-state index in [4.69, 9.17) is 0 Å². The maximum absolute atomic E-state index is 11.9. The molecule has 5 nitrogen and oxygen atoms in total. The number of nitrogens with one attached hydrogen (secondary N) is 2. The zero-order valence-electron chi connectivity index (χ0n) is 14.0. The van der Waals surface area contributed by atoms with Crippen molar-refractivity contribution in [2.75, 3.05) is 36.6 Å². The molecule has 0 saturated carbocycles. The fraction of sp³-hybridized carbons (Fsp3) is 0.278. The van der Waals surface area contributed by atoms with Crippen LogP contribution >= 0.6 is 0 Å². The van der Waals surface area contributed by atoms with Crippen molar-refractivity contribution in [3.63, 3.8) is 0 Å². The summed E-state index contributed by atoms with van der Waals surface area (Å²) in [6.07, 6.45) is 2.46. The molecule has 6 heteroatoms. The molecule has 1 atom stereocenters. The Morgan fingerprint density at radius 2 is 1.88 bits per heavy atom. The van der Waals surface area contributed by atoms with Crippen LogP contribution in [0.15, 0.2) is 59.5 Å². The van der Waals surface area contributed by atoms with E-state index in [1.165, 1.54) is 0 Å². The highest BCUT2D eigenvalue weighted by molar-refractivity contribution is 7.84. The van der Waals surface area contributed by atoms with Gasteiger partial charge in [-0.25, -0.2) is 4.79 Å². The molecule has 0 bridgehead atoms. The van der Waals surface area contributed by atoms with Gasteiger partial charge in [-0.2, -0.15) is 0 Å². The lowest BCUT2D eigenvalue weighted by Gasteiger charge is -2.19. The maximum atomic E-state index is 11.9. The molecule has 0 saturated heterocycles. The van der Waals surface area contributed by atoms with Crippen LogP contribution in [0.4, 0.5) is 16.2 Å². The highest BCUT2D eigenvalue weighted by Gasteiger charge is 2.04. The van der Waals surface area contributed by atoms with Gasteiger partial charge in [0.2, 0.25) is 0 Å². The third-order valence-electron chi connectivity index (χ3n) is 3.58. The summed E-state index contributed by atoms with van der Waals surface area (Å²) < 4.78 is 11.5. The molecule has 0 heterocycles. The van der Waals surface area contributed by atoms with Crippen LogP contribution < -0.4 is 15.5 Å². The molecule has 0 aliphatic heterocycles. The number of carbonyl (C=O) groups is 1. The van der Waals surface area contributed by atoms with E-state index in [-0.39, 0.29) is 6.03 Å². The molecular formula is C18H23N3O2S. The van der Waals surface area contributed by atoms with E-state index in [0.29, 0.717) is 17.1 Å². The molecule has 2 rings (SSSR count). The molecule has 2 amide bonds. The number of benzene rings is 2. The molecule has 0 fully saturated rings. The average molecular weight is 345 g/mol. The molecule has 0 radical (unpaired) electrons. The number of rotatable bonds is 7. The second-order valence-corrected chi connectivity index (χ2v) is 6.85. The van der Waals surface area contributed by atoms with E-state index in [2.05, 4.69) is 27.7 Å². The Hall–Kier alpha value is -2.34. The van der Waals surface area contributed by atoms with Crippen LogP contribution in [-0.4, -0.2) is 36.6 Å². The van der Waals surface area contributed by atoms with E-state index in [1.54, 1.807) is 30.5 Å². The Kier molecular flexibility index (Phi) is 6.81. The molecule has 24 heavy (non-hydrogen) atoms. The first-order valence-corrected chi connectivity index (χ1v) is 9.36. The molecular weight excluding hydrogens is 322 g/mol. The molecule has 0 spiro atoms. The Labute approximate surface area is 145 Å². The lowest BCUT2D eigenvalue weighted by atomic mass is 10.3. The summed E-state index contributed by atoms with van der Waals surface area (Å²) in [5.74, 6) is 0. The van der Waals surface area contributed by atoms with Crippen molar-refractivity contribution in [2.24, 2.45) is 0 Å². The fourth-order valence-corrected chi connectivity index (χ4v) is 2.82. The molecule has 0 aromatic heterocycles. The monoisotopic (exact) mass is 345 g/mol. The molecule has 0 aliphatic rings. The predicted molar refractivity (Wildman–Crippen MR) is 100 cm³/mol. The summed E-state index contributed by atoms with van der Waals surface area (Å²) in [6, 6.07) is 16.9. The van der Waals surface area contributed by atoms with Gasteiger partial charge in [-0.1, -0.05) is 24.3 Å². The smallest absolute Gasteiger partial charge is 0.319 e. The summed E-state index contributed by atoms with van der Waals surface area (Å²) in [6.45, 7) is 1.44. The molecule has 2 N–H and O–H groups in total. The number of urea groups is 1. The van der Waals surface area contributed by atoms with Crippen LogP contribution in [0.1, 0.15) is 6.42 Å². The second kappa shape index (κ2) is 9.08. The summed E-state index contributed by atoms with van der Waals surface area (Å²) in [5, 5.41) is 5.59. The zero-order valence-corrected chi connectivity index (χ0v) is 14.8. The normalized spacial score (nSPS) is 11.6. The van der Waals surface area contributed by atoms with E-state index < -0.39 is 10.8 Å². The van der Waals surface area contributed by atoms with Crippen LogP contribution in [0.2, 0.25) is 0 Å². The van der Waals surface area contributed by atoms with Gasteiger partial charge in [0.25, 0.3) is 0 Å². The zero-order chi connectivity index (χ0) is 17.4. The van der Waals surface area contributed by atoms with Crippen LogP contribution in [0.5, 0.6) is 0 Å². The van der Waals surface area contributed by atoms with Crippen LogP contribution in [0, 0.1) is 0 Å². The van der Waals surface area contributed by atoms with Crippen molar-refractivity contribution in [2.45, 2.75) is 11.3 Å². The van der Waals surface area contributed by atoms with Crippen LogP contribution in [0.3, 0.4) is 0 Å². The third kappa shape index (κ3) is 5.70. The first-order chi connectivity index (χ1) is 11.6. The molecule has 0 aliphatic carbocycles. The van der Waals surface area contributed by atoms with Gasteiger partial charge in [-0.15, -0.1) is 0 Å². The predicted octanol–water partition coefficient (Wildman–Crippen LogP) is 3.07. The maximum Gasteiger partial charge on any atom is 0.319 e. The van der Waals surface area contributed by atoms with Crippen molar-refractivity contribution < 1.29 is 9.00 Å². The first kappa shape index (κ1) is 18.0. The second-order valence-electron chi connectivity index (χ2n) is 5.47. The number of hydrogen-bond donors (Lipinski definition) is 2. The standard InChI is InChI=1S/C18H23N3O2S/c1-21(16-9-4-3-5-10-16)13-7-12-19-18(22)20-15-8-6-11-17(14-15)24(2)23/h3-6,8-11,14H,7,12-13H2,1-2H3,(H2,19,20,22)/t24-/m0/s1. The topological polar surface area (TPSA) is 61.4 Å². The number of nitrogens with zero attached hydrogens (tertiary/aromatic N) is 1. The van der Waals surface area contributed by atoms with E-state index in [1.807, 2.05) is 25.2 Å². The summed E-state index contributed by atoms with van der Waals surface area (Å²) in [7, 11) is 0.972. The molecule has 2 aromatic rings. The van der Waals surface area contributed by atoms with Gasteiger partial charge in [0.1, 0.15) is 0 Å². The first-order valence-electron chi connectivity index (χ1n) is 7.81. The van der Waals surface area contributed by atoms with Gasteiger partial charge in [-0.3, -0.25) is 4.21 Å². The Morgan fingerprint density at radius 1 is 1.12 bits per heavy atom. The Bertz CT molecular complexity index is 692. The van der Waals surface area contributed by atoms with Gasteiger partial charge in [0.05, 0.1) is 0 Å². The molecule has 0 unspecified atom stereocenters. The molecule has 2 aromatic carbocycles. The number of amides is 2. The molecule has 128 valence electrons. The third-order valence-corrected chi connectivity index (χ3v) is 4.49. The minimum Gasteiger partial charge on any atom is -0.375 e. The van der Waals surface area contributed by atoms with Crippen molar-refractivity contribution in [1.82, 2.24) is 5.32 Å². The number of carbonyl (C=O) groups excluding carboxylic acids is 1. The summed E-state index contributed by atoms with van der Waals surface area (Å²) >= 11 is 0. The van der Waals surface area contributed by atoms with Crippen LogP contribution in [-0.2, 0) is 10.8 Å². The van der Waals surface area contributed by atoms with Crippen molar-refractivity contribution in [1.29, 1.82) is 0 Å². The number of para-hydroxylation sites is 1. The van der Waals surface area contributed by atoms with E-state index in [0.717, 1.165) is 18.7 Å². The lowest BCUT2D eigenvalue weighted by Crippen LogP contribution is -2.31. The van der Waals surface area contributed by atoms with Gasteiger partial charge in [-0.05, 0) is 36.8 Å². The fourth-order valence-electron chi connectivity index (χ4n) is 2.26. The van der Waals surface area contributed by atoms with Gasteiger partial charge < -0.3 is 15.5 Å². The Morgan fingerprint density at radius 3 is 2.58 bits per heavy atom. The minimum absolute atomic E-state index is 0.253. The van der Waals surface area contributed by atoms with Gasteiger partial charge in [0, 0.05) is 53.5 Å². The summed E-state index contributed by atoms with van der Waals surface area (Å²) in [4.78, 5) is 14.7. The van der Waals surface area contributed by atoms with E-state index in [9.17, 15) is 9.00 Å². The lowest BCUT2D eigenvalue weighted by molar-refractivity contribution is 0.252. The van der Waals surface area contributed by atoms with Gasteiger partial charge >= 0.3 is 6.03 Å².